The molecule has 0 fully saturated rings. The fraction of sp³-hybridized carbons (Fsp3) is 0.333. The highest BCUT2D eigenvalue weighted by atomic mass is 32.2. The van der Waals surface area contributed by atoms with Crippen molar-refractivity contribution < 1.29 is 44.5 Å². The predicted molar refractivity (Wildman–Crippen MR) is 54.1 cm³/mol. The lowest BCUT2D eigenvalue weighted by atomic mass is 10.2. The molecule has 1 atom stereocenters. The van der Waals surface area contributed by atoms with Gasteiger partial charge in [-0.15, -0.1) is 0 Å². The van der Waals surface area contributed by atoms with Crippen molar-refractivity contribution in [1.82, 2.24) is 4.98 Å². The van der Waals surface area contributed by atoms with Crippen molar-refractivity contribution in [3.63, 3.8) is 0 Å². The number of ether oxygens (including phenoxy) is 1. The zero-order valence-electron chi connectivity index (χ0n) is 9.67. The molecule has 0 aliphatic heterocycles. The molecule has 1 unspecified atom stereocenters. The van der Waals surface area contributed by atoms with Crippen LogP contribution in [0.4, 0.5) is 22.0 Å². The van der Waals surface area contributed by atoms with Crippen molar-refractivity contribution in [2.45, 2.75) is 17.5 Å². The Balaban J connectivity index is 3.16. The van der Waals surface area contributed by atoms with E-state index in [2.05, 4.69) is 9.72 Å². The summed E-state index contributed by atoms with van der Waals surface area (Å²) in [4.78, 5) is 14.7. The van der Waals surface area contributed by atoms with Gasteiger partial charge in [0.05, 0.1) is 5.56 Å². The smallest absolute Gasteiger partial charge is 0.432 e. The normalized spacial score (nSPS) is 14.6. The van der Waals surface area contributed by atoms with Crippen LogP contribution in [0.3, 0.4) is 0 Å². The van der Waals surface area contributed by atoms with E-state index in [1.54, 1.807) is 0 Å². The Morgan fingerprint density at radius 3 is 2.05 bits per heavy atom. The standard InChI is InChI=1S/C9H6F5NO5S/c10-8(11,12)7(9(13,14)21(17,18)19)20-6(16)5-1-3-15-4-2-5/h1-4,7H,(H,17,18,19)/p-1. The lowest BCUT2D eigenvalue weighted by Gasteiger charge is -2.29. The second-order valence-electron chi connectivity index (χ2n) is 3.58. The summed E-state index contributed by atoms with van der Waals surface area (Å²) in [7, 11) is -6.71. The molecule has 21 heavy (non-hydrogen) atoms. The van der Waals surface area contributed by atoms with Gasteiger partial charge in [0, 0.05) is 12.4 Å². The van der Waals surface area contributed by atoms with Gasteiger partial charge in [-0.1, -0.05) is 0 Å². The van der Waals surface area contributed by atoms with Crippen molar-refractivity contribution in [3.05, 3.63) is 30.1 Å². The predicted octanol–water partition coefficient (Wildman–Crippen LogP) is 1.31. The van der Waals surface area contributed by atoms with Gasteiger partial charge in [-0.25, -0.2) is 13.2 Å². The van der Waals surface area contributed by atoms with Crippen LogP contribution >= 0.6 is 0 Å². The van der Waals surface area contributed by atoms with E-state index in [0.29, 0.717) is 0 Å². The van der Waals surface area contributed by atoms with Crippen LogP contribution in [0.1, 0.15) is 10.4 Å². The second kappa shape index (κ2) is 5.52. The van der Waals surface area contributed by atoms with Gasteiger partial charge < -0.3 is 9.29 Å². The summed E-state index contributed by atoms with van der Waals surface area (Å²) in [5.74, 6) is -1.89. The number of rotatable bonds is 4. The maximum absolute atomic E-state index is 13.1. The van der Waals surface area contributed by atoms with Gasteiger partial charge in [0.2, 0.25) is 0 Å². The minimum absolute atomic E-state index is 0.585. The molecule has 0 aliphatic carbocycles. The minimum atomic E-state index is -6.71. The summed E-state index contributed by atoms with van der Waals surface area (Å²) < 4.78 is 97.7. The number of carbonyl (C=O) groups excluding carboxylic acids is 1. The third-order valence-corrected chi connectivity index (χ3v) is 2.96. The zero-order chi connectivity index (χ0) is 16.5. The number of pyridine rings is 1. The Morgan fingerprint density at radius 2 is 1.67 bits per heavy atom. The summed E-state index contributed by atoms with van der Waals surface area (Å²) in [6.07, 6.45) is -8.47. The third kappa shape index (κ3) is 3.85. The first-order valence-corrected chi connectivity index (χ1v) is 6.29. The van der Waals surface area contributed by atoms with E-state index in [4.69, 9.17) is 0 Å². The van der Waals surface area contributed by atoms with E-state index >= 15 is 0 Å². The fourth-order valence-electron chi connectivity index (χ4n) is 1.12. The molecule has 118 valence electrons. The largest absolute Gasteiger partial charge is 0.743 e. The Hall–Kier alpha value is -1.82. The van der Waals surface area contributed by atoms with Crippen LogP contribution in [-0.4, -0.2) is 41.5 Å². The van der Waals surface area contributed by atoms with Crippen molar-refractivity contribution in [1.29, 1.82) is 0 Å². The van der Waals surface area contributed by atoms with Gasteiger partial charge in [-0.3, -0.25) is 4.98 Å². The number of aromatic nitrogens is 1. The highest BCUT2D eigenvalue weighted by Crippen LogP contribution is 2.38. The average molecular weight is 334 g/mol. The monoisotopic (exact) mass is 334 g/mol. The molecule has 0 bridgehead atoms. The van der Waals surface area contributed by atoms with Crippen LogP contribution in [0, 0.1) is 0 Å². The highest BCUT2D eigenvalue weighted by Gasteiger charge is 2.62. The average Bonchev–Trinajstić information content (AvgIpc) is 2.33. The molecule has 0 saturated carbocycles. The maximum atomic E-state index is 13.1. The quantitative estimate of drug-likeness (QED) is 0.468. The van der Waals surface area contributed by atoms with Gasteiger partial charge >= 0.3 is 17.4 Å². The van der Waals surface area contributed by atoms with Crippen LogP contribution < -0.4 is 0 Å². The first-order valence-electron chi connectivity index (χ1n) is 4.88. The molecule has 1 aromatic heterocycles. The number of hydrogen-bond acceptors (Lipinski definition) is 6. The number of halogens is 5. The minimum Gasteiger partial charge on any atom is -0.743 e. The van der Waals surface area contributed by atoms with Crippen LogP contribution in [-0.2, 0) is 14.9 Å². The van der Waals surface area contributed by atoms with Gasteiger partial charge in [0.25, 0.3) is 6.10 Å². The number of carbonyl (C=O) groups is 1. The first-order chi connectivity index (χ1) is 9.37. The Bertz CT molecular complexity index is 615. The highest BCUT2D eigenvalue weighted by molar-refractivity contribution is 7.86. The molecule has 0 N–H and O–H groups in total. The summed E-state index contributed by atoms with van der Waals surface area (Å²) in [5.41, 5.74) is -0.585. The Labute approximate surface area is 114 Å². The second-order valence-corrected chi connectivity index (χ2v) is 5.03. The van der Waals surface area contributed by atoms with E-state index in [1.807, 2.05) is 0 Å². The molecule has 1 heterocycles. The summed E-state index contributed by atoms with van der Waals surface area (Å²) >= 11 is 0. The van der Waals surface area contributed by atoms with Crippen LogP contribution in [0.15, 0.2) is 24.5 Å². The summed E-state index contributed by atoms with van der Waals surface area (Å²) in [6.45, 7) is 0. The molecular weight excluding hydrogens is 329 g/mol. The van der Waals surface area contributed by atoms with Crippen LogP contribution in [0.25, 0.3) is 0 Å². The molecule has 0 aliphatic rings. The molecule has 1 aromatic rings. The van der Waals surface area contributed by atoms with E-state index in [0.717, 1.165) is 24.5 Å². The van der Waals surface area contributed by atoms with E-state index < -0.39 is 39.2 Å². The van der Waals surface area contributed by atoms with Crippen molar-refractivity contribution in [2.24, 2.45) is 0 Å². The molecule has 1 rings (SSSR count). The van der Waals surface area contributed by atoms with Crippen LogP contribution in [0.2, 0.25) is 0 Å². The van der Waals surface area contributed by atoms with Crippen LogP contribution in [0.5, 0.6) is 0 Å². The first kappa shape index (κ1) is 17.2. The summed E-state index contributed by atoms with van der Waals surface area (Å²) in [5, 5.41) is -5.87. The van der Waals surface area contributed by atoms with Gasteiger partial charge in [0.1, 0.15) is 0 Å². The van der Waals surface area contributed by atoms with Crippen molar-refractivity contribution >= 4 is 16.1 Å². The molecule has 0 amide bonds. The van der Waals surface area contributed by atoms with E-state index in [-0.39, 0.29) is 0 Å². The van der Waals surface area contributed by atoms with Gasteiger partial charge in [-0.05, 0) is 12.1 Å². The number of nitrogens with zero attached hydrogens (tertiary/aromatic N) is 1. The van der Waals surface area contributed by atoms with E-state index in [1.165, 1.54) is 0 Å². The molecule has 12 heteroatoms. The summed E-state index contributed by atoms with van der Waals surface area (Å²) in [6, 6.07) is 1.69. The maximum Gasteiger partial charge on any atom is 0.432 e. The Morgan fingerprint density at radius 1 is 1.19 bits per heavy atom. The molecule has 0 spiro atoms. The number of esters is 1. The molecule has 0 radical (unpaired) electrons. The Kier molecular flexibility index (Phi) is 4.53. The number of alkyl halides is 5. The van der Waals surface area contributed by atoms with Crippen molar-refractivity contribution in [3.8, 4) is 0 Å². The van der Waals surface area contributed by atoms with Gasteiger partial charge in [0.15, 0.2) is 10.1 Å². The van der Waals surface area contributed by atoms with E-state index in [9.17, 15) is 39.7 Å². The third-order valence-electron chi connectivity index (χ3n) is 2.08. The molecule has 6 nitrogen and oxygen atoms in total. The number of hydrogen-bond donors (Lipinski definition) is 0. The lowest BCUT2D eigenvalue weighted by molar-refractivity contribution is -0.248. The molecule has 0 saturated heterocycles. The fourth-order valence-corrected chi connectivity index (χ4v) is 1.56. The molecule has 0 aromatic carbocycles. The lowest BCUT2D eigenvalue weighted by Crippen LogP contribution is -2.52. The molecular formula is C9H5F5NO5S-. The zero-order valence-corrected chi connectivity index (χ0v) is 10.5. The van der Waals surface area contributed by atoms with Crippen molar-refractivity contribution in [2.75, 3.05) is 0 Å². The topological polar surface area (TPSA) is 96.4 Å². The van der Waals surface area contributed by atoms with Gasteiger partial charge in [-0.2, -0.15) is 22.0 Å². The SMILES string of the molecule is O=C(OC(C(F)(F)F)C(F)(F)S(=O)(=O)[O-])c1ccncc1.